The molecule has 2 N–H and O–H groups in total. The lowest BCUT2D eigenvalue weighted by Gasteiger charge is -2.17. The monoisotopic (exact) mass is 399 g/mol. The first-order valence-corrected chi connectivity index (χ1v) is 12.7. The van der Waals surface area contributed by atoms with Crippen molar-refractivity contribution >= 4 is 0 Å². The van der Waals surface area contributed by atoms with Crippen molar-refractivity contribution in [3.8, 4) is 0 Å². The third-order valence-corrected chi connectivity index (χ3v) is 5.87. The molecule has 0 aromatic carbocycles. The average Bonchev–Trinajstić information content (AvgIpc) is 2.66. The van der Waals surface area contributed by atoms with Gasteiger partial charge in [0.25, 0.3) is 0 Å². The fraction of sp³-hybridized carbons (Fsp3) is 1.00. The third kappa shape index (κ3) is 23.9. The summed E-state index contributed by atoms with van der Waals surface area (Å²) in [6.07, 6.45) is 27.0. The first kappa shape index (κ1) is 27.9. The first-order valence-electron chi connectivity index (χ1n) is 12.7. The molecule has 0 saturated carbocycles. The van der Waals surface area contributed by atoms with Crippen LogP contribution in [0, 0.1) is 0 Å². The molecule has 0 aromatic heterocycles. The molecule has 0 rings (SSSR count). The molecular weight excluding hydrogens is 346 g/mol. The second-order valence-corrected chi connectivity index (χ2v) is 8.96. The predicted molar refractivity (Wildman–Crippen MR) is 124 cm³/mol. The molecule has 0 saturated heterocycles. The molecule has 0 aliphatic rings. The van der Waals surface area contributed by atoms with E-state index in [2.05, 4.69) is 6.92 Å². The Labute approximate surface area is 177 Å². The van der Waals surface area contributed by atoms with Crippen LogP contribution in [0.2, 0.25) is 0 Å². The number of rotatable bonds is 23. The van der Waals surface area contributed by atoms with E-state index in [-0.39, 0.29) is 0 Å². The summed E-state index contributed by atoms with van der Waals surface area (Å²) in [5.41, 5.74) is 0. The molecule has 0 radical (unpaired) electrons. The summed E-state index contributed by atoms with van der Waals surface area (Å²) in [7, 11) is 1.95. The second-order valence-electron chi connectivity index (χ2n) is 8.96. The van der Waals surface area contributed by atoms with Gasteiger partial charge >= 0.3 is 0 Å². The minimum Gasteiger partial charge on any atom is -0.367 e. The van der Waals surface area contributed by atoms with Crippen molar-refractivity contribution < 1.29 is 10.2 Å². The van der Waals surface area contributed by atoms with Crippen LogP contribution >= 0.6 is 0 Å². The van der Waals surface area contributed by atoms with E-state index in [9.17, 15) is 0 Å². The second kappa shape index (κ2) is 23.2. The van der Waals surface area contributed by atoms with Crippen molar-refractivity contribution in [1.82, 2.24) is 4.90 Å². The smallest absolute Gasteiger partial charge is 0.164 e. The van der Waals surface area contributed by atoms with Gasteiger partial charge in [-0.15, -0.1) is 0 Å². The van der Waals surface area contributed by atoms with Crippen LogP contribution in [0.25, 0.3) is 0 Å². The van der Waals surface area contributed by atoms with Gasteiger partial charge in [0, 0.05) is 6.54 Å². The van der Waals surface area contributed by atoms with E-state index in [0.29, 0.717) is 6.54 Å². The number of unbranched alkanes of at least 4 members (excludes halogenated alkanes) is 19. The molecule has 0 amide bonds. The Balaban J connectivity index is 3.05. The number of likely N-dealkylation sites (N-methyl/N-ethyl adjacent to an activating group) is 1. The quantitative estimate of drug-likeness (QED) is 0.143. The molecule has 0 aliphatic carbocycles. The zero-order valence-corrected chi connectivity index (χ0v) is 19.5. The average molecular weight is 400 g/mol. The van der Waals surface area contributed by atoms with Crippen LogP contribution in [0.15, 0.2) is 0 Å². The molecule has 0 fully saturated rings. The van der Waals surface area contributed by atoms with Crippen LogP contribution in [0.4, 0.5) is 0 Å². The Morgan fingerprint density at radius 1 is 0.500 bits per heavy atom. The molecule has 0 unspecified atom stereocenters. The van der Waals surface area contributed by atoms with E-state index in [4.69, 9.17) is 10.2 Å². The van der Waals surface area contributed by atoms with Crippen LogP contribution in [-0.4, -0.2) is 41.5 Å². The molecule has 0 heterocycles. The molecule has 0 spiro atoms. The highest BCUT2D eigenvalue weighted by Gasteiger charge is 2.03. The fourth-order valence-electron chi connectivity index (χ4n) is 4.01. The van der Waals surface area contributed by atoms with Crippen LogP contribution in [0.5, 0.6) is 0 Å². The molecule has 3 nitrogen and oxygen atoms in total. The summed E-state index contributed by atoms with van der Waals surface area (Å²) < 4.78 is 0. The standard InChI is InChI=1S/C25H53NO2/c1-3-4-5-6-7-8-9-10-11-12-13-14-15-16-17-18-19-20-21-22-23-26(2)24-25(27)28/h25,27-28H,3-24H2,1-2H3. The van der Waals surface area contributed by atoms with Crippen LogP contribution < -0.4 is 0 Å². The number of nitrogens with zero attached hydrogens (tertiary/aromatic N) is 1. The molecule has 170 valence electrons. The van der Waals surface area contributed by atoms with Gasteiger partial charge in [0.05, 0.1) is 0 Å². The maximum Gasteiger partial charge on any atom is 0.164 e. The molecule has 0 aromatic rings. The SMILES string of the molecule is CCCCCCCCCCCCCCCCCCCCCCN(C)CC(O)O. The van der Waals surface area contributed by atoms with Gasteiger partial charge in [0.1, 0.15) is 0 Å². The van der Waals surface area contributed by atoms with Gasteiger partial charge in [0.2, 0.25) is 0 Å². The van der Waals surface area contributed by atoms with Crippen LogP contribution in [-0.2, 0) is 0 Å². The Kier molecular flexibility index (Phi) is 23.1. The van der Waals surface area contributed by atoms with Crippen LogP contribution in [0.1, 0.15) is 135 Å². The number of hydrogen-bond donors (Lipinski definition) is 2. The van der Waals surface area contributed by atoms with Gasteiger partial charge in [-0.25, -0.2) is 0 Å². The Morgan fingerprint density at radius 2 is 0.786 bits per heavy atom. The van der Waals surface area contributed by atoms with Gasteiger partial charge in [0.15, 0.2) is 6.29 Å². The van der Waals surface area contributed by atoms with Crippen molar-refractivity contribution in [2.75, 3.05) is 20.1 Å². The largest absolute Gasteiger partial charge is 0.367 e. The van der Waals surface area contributed by atoms with Crippen molar-refractivity contribution in [3.63, 3.8) is 0 Å². The minimum absolute atomic E-state index is 0.360. The lowest BCUT2D eigenvalue weighted by molar-refractivity contribution is -0.0573. The van der Waals surface area contributed by atoms with E-state index in [1.807, 2.05) is 11.9 Å². The Hall–Kier alpha value is -0.120. The lowest BCUT2D eigenvalue weighted by atomic mass is 10.0. The number of aliphatic hydroxyl groups is 2. The van der Waals surface area contributed by atoms with Gasteiger partial charge < -0.3 is 15.1 Å². The summed E-state index contributed by atoms with van der Waals surface area (Å²) in [5, 5.41) is 17.8. The van der Waals surface area contributed by atoms with Gasteiger partial charge in [-0.05, 0) is 20.0 Å². The van der Waals surface area contributed by atoms with E-state index < -0.39 is 6.29 Å². The van der Waals surface area contributed by atoms with Gasteiger partial charge in [-0.2, -0.15) is 0 Å². The molecule has 0 aliphatic heterocycles. The normalized spacial score (nSPS) is 11.8. The highest BCUT2D eigenvalue weighted by atomic mass is 16.5. The molecule has 0 bridgehead atoms. The first-order chi connectivity index (χ1) is 13.7. The number of aliphatic hydroxyl groups excluding tert-OH is 1. The van der Waals surface area contributed by atoms with Gasteiger partial charge in [-0.3, -0.25) is 0 Å². The predicted octanol–water partition coefficient (Wildman–Crippen LogP) is 7.05. The van der Waals surface area contributed by atoms with Crippen molar-refractivity contribution in [2.45, 2.75) is 142 Å². The summed E-state index contributed by atoms with van der Waals surface area (Å²) >= 11 is 0. The molecule has 28 heavy (non-hydrogen) atoms. The van der Waals surface area contributed by atoms with E-state index >= 15 is 0 Å². The summed E-state index contributed by atoms with van der Waals surface area (Å²) in [6.45, 7) is 3.62. The zero-order valence-electron chi connectivity index (χ0n) is 19.5. The summed E-state index contributed by atoms with van der Waals surface area (Å²) in [4.78, 5) is 2.00. The Morgan fingerprint density at radius 3 is 1.07 bits per heavy atom. The maximum absolute atomic E-state index is 8.90. The van der Waals surface area contributed by atoms with Crippen molar-refractivity contribution in [2.24, 2.45) is 0 Å². The molecule has 3 heteroatoms. The van der Waals surface area contributed by atoms with Gasteiger partial charge in [-0.1, -0.05) is 129 Å². The van der Waals surface area contributed by atoms with Crippen molar-refractivity contribution in [1.29, 1.82) is 0 Å². The van der Waals surface area contributed by atoms with E-state index in [0.717, 1.165) is 6.54 Å². The zero-order chi connectivity index (χ0) is 20.7. The van der Waals surface area contributed by atoms with Crippen molar-refractivity contribution in [3.05, 3.63) is 0 Å². The number of hydrogen-bond acceptors (Lipinski definition) is 3. The maximum atomic E-state index is 8.90. The highest BCUT2D eigenvalue weighted by Crippen LogP contribution is 2.14. The third-order valence-electron chi connectivity index (χ3n) is 5.87. The molecular formula is C25H53NO2. The minimum atomic E-state index is -1.20. The fourth-order valence-corrected chi connectivity index (χ4v) is 4.01. The molecule has 0 atom stereocenters. The highest BCUT2D eigenvalue weighted by molar-refractivity contribution is 4.54. The van der Waals surface area contributed by atoms with E-state index in [1.165, 1.54) is 128 Å². The topological polar surface area (TPSA) is 43.7 Å². The van der Waals surface area contributed by atoms with E-state index in [1.54, 1.807) is 0 Å². The Bertz CT molecular complexity index is 284. The van der Waals surface area contributed by atoms with Crippen LogP contribution in [0.3, 0.4) is 0 Å². The lowest BCUT2D eigenvalue weighted by Crippen LogP contribution is -2.29. The summed E-state index contributed by atoms with van der Waals surface area (Å²) in [5.74, 6) is 0. The summed E-state index contributed by atoms with van der Waals surface area (Å²) in [6, 6.07) is 0.